The zero-order valence-electron chi connectivity index (χ0n) is 20.7. The summed E-state index contributed by atoms with van der Waals surface area (Å²) in [6.45, 7) is 6.40. The SMILES string of the molecule is CCOC(=O)C(C(O)[C@H]1O[C@@H](OC)C2OC(C)(C)OC21)N(Cc1ccccc1)Cc1ccccc1. The van der Waals surface area contributed by atoms with Crippen molar-refractivity contribution < 1.29 is 33.6 Å². The van der Waals surface area contributed by atoms with Crippen LogP contribution in [0.5, 0.6) is 0 Å². The molecule has 2 saturated heterocycles. The van der Waals surface area contributed by atoms with Crippen LogP contribution in [-0.4, -0.2) is 72.2 Å². The number of aliphatic hydroxyl groups excluding tert-OH is 1. The Morgan fingerprint density at radius 2 is 1.54 bits per heavy atom. The van der Waals surface area contributed by atoms with E-state index in [9.17, 15) is 9.90 Å². The van der Waals surface area contributed by atoms with Crippen LogP contribution in [0.3, 0.4) is 0 Å². The van der Waals surface area contributed by atoms with Gasteiger partial charge in [-0.2, -0.15) is 0 Å². The predicted octanol–water partition coefficient (Wildman–Crippen LogP) is 2.87. The topological polar surface area (TPSA) is 86.7 Å². The Morgan fingerprint density at radius 1 is 1.00 bits per heavy atom. The molecule has 2 heterocycles. The summed E-state index contributed by atoms with van der Waals surface area (Å²) in [5.74, 6) is -1.38. The summed E-state index contributed by atoms with van der Waals surface area (Å²) < 4.78 is 29.0. The Hall–Kier alpha value is -2.33. The second kappa shape index (κ2) is 11.2. The van der Waals surface area contributed by atoms with Gasteiger partial charge in [0.1, 0.15) is 30.5 Å². The van der Waals surface area contributed by atoms with E-state index in [0.717, 1.165) is 11.1 Å². The lowest BCUT2D eigenvalue weighted by molar-refractivity contribution is -0.240. The van der Waals surface area contributed by atoms with Crippen molar-refractivity contribution in [1.82, 2.24) is 4.90 Å². The molecule has 8 heteroatoms. The van der Waals surface area contributed by atoms with Crippen LogP contribution in [0.15, 0.2) is 60.7 Å². The first-order chi connectivity index (χ1) is 16.8. The van der Waals surface area contributed by atoms with Crippen molar-refractivity contribution >= 4 is 5.97 Å². The predicted molar refractivity (Wildman–Crippen MR) is 128 cm³/mol. The number of hydrogen-bond acceptors (Lipinski definition) is 8. The van der Waals surface area contributed by atoms with Crippen molar-refractivity contribution in [2.24, 2.45) is 0 Å². The second-order valence-corrected chi connectivity index (χ2v) is 9.33. The number of benzene rings is 2. The fraction of sp³-hybridized carbons (Fsp3) is 0.519. The molecule has 0 bridgehead atoms. The van der Waals surface area contributed by atoms with E-state index >= 15 is 0 Å². The van der Waals surface area contributed by atoms with Crippen molar-refractivity contribution in [1.29, 1.82) is 0 Å². The second-order valence-electron chi connectivity index (χ2n) is 9.33. The molecule has 0 aliphatic carbocycles. The lowest BCUT2D eigenvalue weighted by Gasteiger charge is -2.36. The molecule has 4 unspecified atom stereocenters. The normalized spacial score (nSPS) is 26.9. The Kier molecular flexibility index (Phi) is 8.21. The molecular weight excluding hydrogens is 450 g/mol. The molecule has 0 amide bonds. The molecule has 2 aromatic carbocycles. The number of aliphatic hydroxyl groups is 1. The summed E-state index contributed by atoms with van der Waals surface area (Å²) >= 11 is 0. The van der Waals surface area contributed by atoms with Crippen LogP contribution in [-0.2, 0) is 41.6 Å². The first-order valence-corrected chi connectivity index (χ1v) is 12.0. The number of ether oxygens (including phenoxy) is 5. The maximum atomic E-state index is 13.4. The lowest BCUT2D eigenvalue weighted by atomic mass is 9.97. The molecule has 0 radical (unpaired) electrons. The molecule has 4 rings (SSSR count). The molecule has 8 nitrogen and oxygen atoms in total. The average Bonchev–Trinajstić information content (AvgIpc) is 3.33. The van der Waals surface area contributed by atoms with E-state index in [4.69, 9.17) is 23.7 Å². The van der Waals surface area contributed by atoms with Gasteiger partial charge in [-0.25, -0.2) is 0 Å². The number of rotatable bonds is 10. The zero-order valence-corrected chi connectivity index (χ0v) is 20.7. The molecule has 35 heavy (non-hydrogen) atoms. The van der Waals surface area contributed by atoms with Crippen LogP contribution in [0.1, 0.15) is 31.9 Å². The van der Waals surface area contributed by atoms with Crippen LogP contribution >= 0.6 is 0 Å². The van der Waals surface area contributed by atoms with Crippen LogP contribution < -0.4 is 0 Å². The van der Waals surface area contributed by atoms with Gasteiger partial charge >= 0.3 is 5.97 Å². The lowest BCUT2D eigenvalue weighted by Crippen LogP contribution is -2.56. The summed E-state index contributed by atoms with van der Waals surface area (Å²) in [5, 5.41) is 11.7. The number of carbonyl (C=O) groups excluding carboxylic acids is 1. The Morgan fingerprint density at radius 3 is 2.06 bits per heavy atom. The van der Waals surface area contributed by atoms with Gasteiger partial charge in [-0.15, -0.1) is 0 Å². The van der Waals surface area contributed by atoms with E-state index in [0.29, 0.717) is 13.1 Å². The van der Waals surface area contributed by atoms with Gasteiger partial charge in [0.05, 0.1) is 6.61 Å². The number of methoxy groups -OCH3 is 1. The highest BCUT2D eigenvalue weighted by molar-refractivity contribution is 5.76. The zero-order chi connectivity index (χ0) is 25.0. The molecule has 6 atom stereocenters. The number of esters is 1. The first-order valence-electron chi connectivity index (χ1n) is 12.0. The third-order valence-electron chi connectivity index (χ3n) is 6.32. The maximum Gasteiger partial charge on any atom is 0.326 e. The Bertz CT molecular complexity index is 913. The van der Waals surface area contributed by atoms with Crippen molar-refractivity contribution in [2.45, 2.75) is 76.4 Å². The van der Waals surface area contributed by atoms with Crippen molar-refractivity contribution in [2.75, 3.05) is 13.7 Å². The van der Waals surface area contributed by atoms with Crippen molar-refractivity contribution in [3.63, 3.8) is 0 Å². The summed E-state index contributed by atoms with van der Waals surface area (Å²) in [7, 11) is 1.52. The highest BCUT2D eigenvalue weighted by Crippen LogP contribution is 2.41. The van der Waals surface area contributed by atoms with Crippen molar-refractivity contribution in [3.8, 4) is 0 Å². The fourth-order valence-corrected chi connectivity index (χ4v) is 4.86. The van der Waals surface area contributed by atoms with Gasteiger partial charge in [-0.3, -0.25) is 9.69 Å². The smallest absolute Gasteiger partial charge is 0.326 e. The minimum atomic E-state index is -1.26. The minimum Gasteiger partial charge on any atom is -0.465 e. The number of carbonyl (C=O) groups is 1. The summed E-state index contributed by atoms with van der Waals surface area (Å²) in [5.41, 5.74) is 2.01. The van der Waals surface area contributed by atoms with Crippen LogP contribution in [0.25, 0.3) is 0 Å². The van der Waals surface area contributed by atoms with Gasteiger partial charge in [0.2, 0.25) is 0 Å². The average molecular weight is 486 g/mol. The van der Waals surface area contributed by atoms with E-state index in [1.807, 2.05) is 65.6 Å². The number of fused-ring (bicyclic) bond motifs is 1. The molecular formula is C27H35NO7. The molecule has 2 aliphatic heterocycles. The number of nitrogens with zero attached hydrogens (tertiary/aromatic N) is 1. The molecule has 2 fully saturated rings. The summed E-state index contributed by atoms with van der Waals surface area (Å²) in [6, 6.07) is 18.6. The largest absolute Gasteiger partial charge is 0.465 e. The highest BCUT2D eigenvalue weighted by Gasteiger charge is 2.59. The van der Waals surface area contributed by atoms with Crippen LogP contribution in [0.2, 0.25) is 0 Å². The molecule has 0 saturated carbocycles. The number of hydrogen-bond donors (Lipinski definition) is 1. The van der Waals surface area contributed by atoms with Gasteiger partial charge in [-0.1, -0.05) is 60.7 Å². The molecule has 0 aromatic heterocycles. The van der Waals surface area contributed by atoms with Crippen LogP contribution in [0, 0.1) is 0 Å². The van der Waals surface area contributed by atoms with Crippen LogP contribution in [0.4, 0.5) is 0 Å². The standard InChI is InChI=1S/C27H35NO7/c1-5-32-25(30)20(21(29)22-23-24(26(31-4)33-22)35-27(2,3)34-23)28(16-18-12-8-6-9-13-18)17-19-14-10-7-11-15-19/h6-15,20-24,26,29H,5,16-17H2,1-4H3/t20?,21?,22-,23?,24?,26-/m1/s1. The van der Waals surface area contributed by atoms with E-state index < -0.39 is 48.5 Å². The van der Waals surface area contributed by atoms with E-state index in [1.165, 1.54) is 7.11 Å². The van der Waals surface area contributed by atoms with E-state index in [2.05, 4.69) is 0 Å². The van der Waals surface area contributed by atoms with E-state index in [-0.39, 0.29) is 6.61 Å². The summed E-state index contributed by atoms with van der Waals surface area (Å²) in [4.78, 5) is 15.3. The van der Waals surface area contributed by atoms with Gasteiger partial charge in [0.15, 0.2) is 12.1 Å². The molecule has 2 aromatic rings. The first kappa shape index (κ1) is 25.8. The third-order valence-corrected chi connectivity index (χ3v) is 6.32. The summed E-state index contributed by atoms with van der Waals surface area (Å²) in [6.07, 6.45) is -3.95. The highest BCUT2D eigenvalue weighted by atomic mass is 16.8. The monoisotopic (exact) mass is 485 g/mol. The maximum absolute atomic E-state index is 13.4. The van der Waals surface area contributed by atoms with Gasteiger partial charge in [-0.05, 0) is 31.9 Å². The quantitative estimate of drug-likeness (QED) is 0.514. The van der Waals surface area contributed by atoms with Gasteiger partial charge < -0.3 is 28.8 Å². The molecule has 2 aliphatic rings. The molecule has 1 N–H and O–H groups in total. The van der Waals surface area contributed by atoms with E-state index in [1.54, 1.807) is 20.8 Å². The molecule has 0 spiro atoms. The fourth-order valence-electron chi connectivity index (χ4n) is 4.86. The molecule has 190 valence electrons. The van der Waals surface area contributed by atoms with Crippen molar-refractivity contribution in [3.05, 3.63) is 71.8 Å². The Balaban J connectivity index is 1.67. The minimum absolute atomic E-state index is 0.192. The third kappa shape index (κ3) is 5.91. The Labute approximate surface area is 206 Å². The van der Waals surface area contributed by atoms with Gasteiger partial charge in [0, 0.05) is 20.2 Å². The van der Waals surface area contributed by atoms with Gasteiger partial charge in [0.25, 0.3) is 0 Å².